The van der Waals surface area contributed by atoms with E-state index in [0.29, 0.717) is 22.6 Å². The summed E-state index contributed by atoms with van der Waals surface area (Å²) in [6.45, 7) is 4.85. The number of hydrogen-bond donors (Lipinski definition) is 1. The molecule has 1 aromatic heterocycles. The van der Waals surface area contributed by atoms with E-state index in [0.717, 1.165) is 29.6 Å². The van der Waals surface area contributed by atoms with Gasteiger partial charge in [-0.25, -0.2) is 0 Å². The zero-order valence-corrected chi connectivity index (χ0v) is 14.1. The van der Waals surface area contributed by atoms with Crippen LogP contribution in [0.2, 0.25) is 0 Å². The molecule has 0 aromatic carbocycles. The van der Waals surface area contributed by atoms with Gasteiger partial charge in [-0.15, -0.1) is 0 Å². The van der Waals surface area contributed by atoms with Crippen molar-refractivity contribution in [1.82, 2.24) is 9.88 Å². The lowest BCUT2D eigenvalue weighted by Gasteiger charge is -2.19. The van der Waals surface area contributed by atoms with Crippen LogP contribution in [0.1, 0.15) is 25.1 Å². The molecule has 8 heteroatoms. The van der Waals surface area contributed by atoms with E-state index < -0.39 is 5.95 Å². The van der Waals surface area contributed by atoms with Crippen LogP contribution in [0.4, 0.5) is 9.52 Å². The highest BCUT2D eigenvalue weighted by Gasteiger charge is 2.29. The number of carbonyl (C=O) groups excluding carboxylic acids is 1. The molecule has 1 amide bonds. The Labute approximate surface area is 123 Å². The van der Waals surface area contributed by atoms with Crippen LogP contribution in [-0.4, -0.2) is 51.1 Å². The minimum absolute atomic E-state index is 0.237. The summed E-state index contributed by atoms with van der Waals surface area (Å²) in [5, 5.41) is 2.83. The number of aromatic nitrogens is 1. The number of nitrogens with zero attached hydrogens (tertiary/aromatic N) is 2. The highest BCUT2D eigenvalue weighted by atomic mass is 32.1. The molecular formula is C11H17AlFN3O2S. The van der Waals surface area contributed by atoms with E-state index in [1.54, 1.807) is 0 Å². The van der Waals surface area contributed by atoms with E-state index in [4.69, 9.17) is 3.79 Å². The molecule has 104 valence electrons. The van der Waals surface area contributed by atoms with E-state index in [1.165, 1.54) is 18.3 Å². The van der Waals surface area contributed by atoms with E-state index >= 15 is 0 Å². The van der Waals surface area contributed by atoms with E-state index in [1.807, 2.05) is 0 Å². The van der Waals surface area contributed by atoms with Crippen molar-refractivity contribution in [3.8, 4) is 0 Å². The number of anilines is 1. The Kier molecular flexibility index (Phi) is 4.93. The van der Waals surface area contributed by atoms with Crippen LogP contribution < -0.4 is 5.32 Å². The van der Waals surface area contributed by atoms with Crippen LogP contribution in [0.15, 0.2) is 0 Å². The number of hydrogen-bond acceptors (Lipinski definition) is 5. The van der Waals surface area contributed by atoms with Crippen LogP contribution in [0.3, 0.4) is 0 Å². The first-order chi connectivity index (χ1) is 8.99. The van der Waals surface area contributed by atoms with Crippen molar-refractivity contribution in [3.63, 3.8) is 0 Å². The highest BCUT2D eigenvalue weighted by molar-refractivity contribution is 7.15. The Bertz CT molecular complexity index is 471. The molecule has 19 heavy (non-hydrogen) atoms. The molecule has 1 aliphatic rings. The van der Waals surface area contributed by atoms with Gasteiger partial charge in [0.25, 0.3) is 0 Å². The summed E-state index contributed by atoms with van der Waals surface area (Å²) < 4.78 is 19.2. The molecular weight excluding hydrogens is 284 g/mol. The third-order valence-corrected chi connectivity index (χ3v) is 4.88. The predicted octanol–water partition coefficient (Wildman–Crippen LogP) is 0.768. The lowest BCUT2D eigenvalue weighted by Crippen LogP contribution is -2.27. The number of likely N-dealkylation sites (tertiary alicyclic amines) is 1. The van der Waals surface area contributed by atoms with Crippen molar-refractivity contribution in [2.75, 3.05) is 11.9 Å². The Morgan fingerprint density at radius 3 is 3.05 bits per heavy atom. The van der Waals surface area contributed by atoms with Crippen LogP contribution in [0, 0.1) is 5.95 Å². The molecule has 2 atom stereocenters. The zero-order valence-electron chi connectivity index (χ0n) is 11.3. The van der Waals surface area contributed by atoms with E-state index in [-0.39, 0.29) is 12.0 Å². The van der Waals surface area contributed by atoms with Gasteiger partial charge >= 0.3 is 16.6 Å². The van der Waals surface area contributed by atoms with Gasteiger partial charge in [0.1, 0.15) is 0 Å². The maximum absolute atomic E-state index is 13.7. The van der Waals surface area contributed by atoms with Crippen molar-refractivity contribution < 1.29 is 13.0 Å². The van der Waals surface area contributed by atoms with Gasteiger partial charge in [-0.2, -0.15) is 9.37 Å². The Morgan fingerprint density at radius 1 is 1.74 bits per heavy atom. The van der Waals surface area contributed by atoms with Gasteiger partial charge in [-0.1, -0.05) is 11.3 Å². The number of thiazole rings is 1. The molecule has 0 unspecified atom stereocenters. The van der Waals surface area contributed by atoms with Crippen molar-refractivity contribution in [1.29, 1.82) is 0 Å². The molecule has 5 nitrogen and oxygen atoms in total. The largest absolute Gasteiger partial charge is 0.503 e. The fourth-order valence-corrected chi connectivity index (χ4v) is 3.51. The van der Waals surface area contributed by atoms with E-state index in [9.17, 15) is 9.18 Å². The average molecular weight is 301 g/mol. The van der Waals surface area contributed by atoms with Crippen LogP contribution in [0.5, 0.6) is 0 Å². The number of rotatable bonds is 4. The van der Waals surface area contributed by atoms with Gasteiger partial charge in [0.15, 0.2) is 5.13 Å². The van der Waals surface area contributed by atoms with Crippen molar-refractivity contribution in [2.24, 2.45) is 0 Å². The van der Waals surface area contributed by atoms with Crippen LogP contribution in [-0.2, 0) is 15.1 Å². The van der Waals surface area contributed by atoms with Gasteiger partial charge in [0.2, 0.25) is 11.9 Å². The first-order valence-electron chi connectivity index (χ1n) is 6.19. The standard InChI is InChI=1S/C11H15FN3O2S.Al.2H/c1-6-3-8(17)4-15(6)5-9-10(12)14-11(18-9)13-7(2)16;;;/h6,8H,3-5H2,1-2H3,(H,13,14,16);;;/q-1;+1;;/t6-,8+;;;/m0.../s1. The molecule has 2 heterocycles. The third kappa shape index (κ3) is 3.74. The summed E-state index contributed by atoms with van der Waals surface area (Å²) in [7, 11) is 0. The van der Waals surface area contributed by atoms with Gasteiger partial charge in [-0.05, 0) is 13.3 Å². The fourth-order valence-electron chi connectivity index (χ4n) is 2.26. The molecule has 0 bridgehead atoms. The second-order valence-electron chi connectivity index (χ2n) is 4.79. The SMILES string of the molecule is CC(=O)Nc1nc(F)c(CN2C[C@H]([O][AlH2])C[C@@H]2C)s1. The Balaban J connectivity index is 2.03. The second kappa shape index (κ2) is 6.29. The summed E-state index contributed by atoms with van der Waals surface area (Å²) in [6.07, 6.45) is 1.26. The minimum atomic E-state index is -0.490. The summed E-state index contributed by atoms with van der Waals surface area (Å²) in [6, 6.07) is 0.379. The molecule has 0 aliphatic carbocycles. The molecule has 1 N–H and O–H groups in total. The number of amides is 1. The third-order valence-electron chi connectivity index (χ3n) is 3.28. The van der Waals surface area contributed by atoms with Crippen LogP contribution >= 0.6 is 11.3 Å². The van der Waals surface area contributed by atoms with Crippen molar-refractivity contribution >= 4 is 39.0 Å². The normalized spacial score (nSPS) is 23.7. The second-order valence-corrected chi connectivity index (χ2v) is 6.34. The van der Waals surface area contributed by atoms with Crippen molar-refractivity contribution in [2.45, 2.75) is 39.0 Å². The lowest BCUT2D eigenvalue weighted by atomic mass is 10.2. The molecule has 0 radical (unpaired) electrons. The molecule has 1 saturated heterocycles. The monoisotopic (exact) mass is 301 g/mol. The molecule has 0 spiro atoms. The number of carbonyl (C=O) groups is 1. The molecule has 1 aromatic rings. The van der Waals surface area contributed by atoms with Gasteiger partial charge in [0, 0.05) is 32.2 Å². The maximum atomic E-state index is 13.7. The number of nitrogens with one attached hydrogen (secondary N) is 1. The zero-order chi connectivity index (χ0) is 14.0. The molecule has 0 saturated carbocycles. The summed E-state index contributed by atoms with van der Waals surface area (Å²) >= 11 is 1.92. The Hall–Kier alpha value is -0.518. The predicted molar refractivity (Wildman–Crippen MR) is 74.3 cm³/mol. The number of halogens is 1. The van der Waals surface area contributed by atoms with Crippen molar-refractivity contribution in [3.05, 3.63) is 10.8 Å². The summed E-state index contributed by atoms with van der Waals surface area (Å²) in [4.78, 5) is 17.4. The quantitative estimate of drug-likeness (QED) is 0.835. The smallest absolute Gasteiger partial charge is 0.410 e. The van der Waals surface area contributed by atoms with E-state index in [2.05, 4.69) is 22.1 Å². The highest BCUT2D eigenvalue weighted by Crippen LogP contribution is 2.27. The lowest BCUT2D eigenvalue weighted by molar-refractivity contribution is -0.114. The Morgan fingerprint density at radius 2 is 2.47 bits per heavy atom. The first kappa shape index (κ1) is 14.9. The molecule has 1 aliphatic heterocycles. The fraction of sp³-hybridized carbons (Fsp3) is 0.636. The van der Waals surface area contributed by atoms with Gasteiger partial charge in [-0.3, -0.25) is 9.69 Å². The minimum Gasteiger partial charge on any atom is -0.503 e. The topological polar surface area (TPSA) is 54.5 Å². The summed E-state index contributed by atoms with van der Waals surface area (Å²) in [5.74, 6) is -0.726. The van der Waals surface area contributed by atoms with Gasteiger partial charge in [0.05, 0.1) is 4.88 Å². The average Bonchev–Trinajstić information content (AvgIpc) is 2.83. The van der Waals surface area contributed by atoms with Crippen LogP contribution in [0.25, 0.3) is 0 Å². The first-order valence-corrected chi connectivity index (χ1v) is 7.82. The molecule has 2 rings (SSSR count). The van der Waals surface area contributed by atoms with Gasteiger partial charge < -0.3 is 9.11 Å². The maximum Gasteiger partial charge on any atom is 0.410 e. The summed E-state index contributed by atoms with van der Waals surface area (Å²) in [5.41, 5.74) is 0. The molecule has 1 fully saturated rings.